The Morgan fingerprint density at radius 3 is 2.67 bits per heavy atom. The fourth-order valence-electron chi connectivity index (χ4n) is 2.12. The van der Waals surface area contributed by atoms with Crippen molar-refractivity contribution >= 4 is 5.97 Å². The molecule has 0 saturated carbocycles. The number of benzene rings is 1. The average molecular weight is 249 g/mol. The lowest BCUT2D eigenvalue weighted by Crippen LogP contribution is -2.26. The van der Waals surface area contributed by atoms with E-state index in [-0.39, 0.29) is 12.3 Å². The van der Waals surface area contributed by atoms with Gasteiger partial charge in [-0.1, -0.05) is 43.7 Å². The Balaban J connectivity index is 2.20. The van der Waals surface area contributed by atoms with Crippen LogP contribution < -0.4 is 5.32 Å². The van der Waals surface area contributed by atoms with Crippen LogP contribution in [0.25, 0.3) is 0 Å². The van der Waals surface area contributed by atoms with Crippen LogP contribution in [-0.2, 0) is 11.2 Å². The Kier molecular flexibility index (Phi) is 7.11. The third-order valence-electron chi connectivity index (χ3n) is 3.03. The second-order valence-electron chi connectivity index (χ2n) is 4.69. The highest BCUT2D eigenvalue weighted by Gasteiger charge is 2.11. The summed E-state index contributed by atoms with van der Waals surface area (Å²) in [6.07, 6.45) is 3.28. The lowest BCUT2D eigenvalue weighted by atomic mass is 10.00. The van der Waals surface area contributed by atoms with Crippen molar-refractivity contribution in [2.45, 2.75) is 32.6 Å². The molecule has 3 heteroatoms. The fraction of sp³-hybridized carbons (Fsp3) is 0.533. The molecule has 18 heavy (non-hydrogen) atoms. The zero-order valence-corrected chi connectivity index (χ0v) is 11.1. The van der Waals surface area contributed by atoms with E-state index < -0.39 is 5.97 Å². The van der Waals surface area contributed by atoms with Crippen LogP contribution in [-0.4, -0.2) is 24.2 Å². The smallest absolute Gasteiger partial charge is 0.303 e. The Labute approximate surface area is 109 Å². The fourth-order valence-corrected chi connectivity index (χ4v) is 2.12. The molecule has 0 unspecified atom stereocenters. The van der Waals surface area contributed by atoms with Gasteiger partial charge in [0, 0.05) is 6.42 Å². The van der Waals surface area contributed by atoms with Crippen molar-refractivity contribution in [2.75, 3.05) is 13.1 Å². The maximum Gasteiger partial charge on any atom is 0.303 e. The van der Waals surface area contributed by atoms with Crippen LogP contribution in [0, 0.1) is 5.92 Å². The molecule has 1 aromatic carbocycles. The van der Waals surface area contributed by atoms with Gasteiger partial charge in [-0.2, -0.15) is 0 Å². The molecule has 0 aliphatic rings. The average Bonchev–Trinajstić information content (AvgIpc) is 2.35. The summed E-state index contributed by atoms with van der Waals surface area (Å²) >= 11 is 0. The lowest BCUT2D eigenvalue weighted by molar-refractivity contribution is -0.138. The summed E-state index contributed by atoms with van der Waals surface area (Å²) in [5.41, 5.74) is 1.32. The number of aliphatic carboxylic acids is 1. The Morgan fingerprint density at radius 1 is 1.33 bits per heavy atom. The van der Waals surface area contributed by atoms with Gasteiger partial charge in [0.1, 0.15) is 0 Å². The quantitative estimate of drug-likeness (QED) is 0.662. The zero-order valence-electron chi connectivity index (χ0n) is 11.1. The number of hydrogen-bond donors (Lipinski definition) is 2. The number of rotatable bonds is 9. The molecular weight excluding hydrogens is 226 g/mol. The molecule has 1 rings (SSSR count). The number of hydrogen-bond acceptors (Lipinski definition) is 2. The Hall–Kier alpha value is -1.35. The minimum absolute atomic E-state index is 0.253. The molecule has 0 aliphatic heterocycles. The Bertz CT molecular complexity index is 338. The largest absolute Gasteiger partial charge is 0.481 e. The second-order valence-corrected chi connectivity index (χ2v) is 4.69. The molecule has 100 valence electrons. The lowest BCUT2D eigenvalue weighted by Gasteiger charge is -2.14. The van der Waals surface area contributed by atoms with Crippen molar-refractivity contribution in [2.24, 2.45) is 5.92 Å². The van der Waals surface area contributed by atoms with Gasteiger partial charge in [0.05, 0.1) is 0 Å². The molecule has 0 amide bonds. The highest BCUT2D eigenvalue weighted by atomic mass is 16.4. The van der Waals surface area contributed by atoms with Crippen molar-refractivity contribution in [3.8, 4) is 0 Å². The van der Waals surface area contributed by atoms with E-state index in [9.17, 15) is 4.79 Å². The molecule has 3 nitrogen and oxygen atoms in total. The monoisotopic (exact) mass is 249 g/mol. The summed E-state index contributed by atoms with van der Waals surface area (Å²) in [6.45, 7) is 3.80. The van der Waals surface area contributed by atoms with E-state index in [0.29, 0.717) is 0 Å². The van der Waals surface area contributed by atoms with Crippen molar-refractivity contribution < 1.29 is 9.90 Å². The molecule has 1 atom stereocenters. The van der Waals surface area contributed by atoms with Crippen LogP contribution in [0.5, 0.6) is 0 Å². The van der Waals surface area contributed by atoms with E-state index in [1.807, 2.05) is 18.2 Å². The first-order valence-electron chi connectivity index (χ1n) is 6.68. The standard InChI is InChI=1S/C15H23NO2/c1-2-6-14(11-15(17)18)12-16-10-9-13-7-4-3-5-8-13/h3-5,7-8,14,16H,2,6,9-12H2,1H3,(H,17,18)/t14-/m0/s1. The summed E-state index contributed by atoms with van der Waals surface area (Å²) < 4.78 is 0. The van der Waals surface area contributed by atoms with E-state index in [1.54, 1.807) is 0 Å². The molecule has 1 aromatic rings. The van der Waals surface area contributed by atoms with E-state index in [4.69, 9.17) is 5.11 Å². The van der Waals surface area contributed by atoms with Gasteiger partial charge in [-0.25, -0.2) is 0 Å². The second kappa shape index (κ2) is 8.70. The van der Waals surface area contributed by atoms with Crippen LogP contribution in [0.15, 0.2) is 30.3 Å². The van der Waals surface area contributed by atoms with Gasteiger partial charge >= 0.3 is 5.97 Å². The Morgan fingerprint density at radius 2 is 2.06 bits per heavy atom. The molecule has 0 radical (unpaired) electrons. The van der Waals surface area contributed by atoms with E-state index in [2.05, 4.69) is 24.4 Å². The van der Waals surface area contributed by atoms with Gasteiger partial charge in [-0.05, 0) is 37.4 Å². The number of carbonyl (C=O) groups is 1. The molecular formula is C15H23NO2. The summed E-state index contributed by atoms with van der Waals surface area (Å²) in [7, 11) is 0. The first kappa shape index (κ1) is 14.7. The van der Waals surface area contributed by atoms with Gasteiger partial charge in [-0.3, -0.25) is 4.79 Å². The van der Waals surface area contributed by atoms with Crippen molar-refractivity contribution in [1.82, 2.24) is 5.32 Å². The molecule has 2 N–H and O–H groups in total. The topological polar surface area (TPSA) is 49.3 Å². The summed E-state index contributed by atoms with van der Waals surface area (Å²) in [5, 5.41) is 12.2. The zero-order chi connectivity index (χ0) is 13.2. The predicted octanol–water partition coefficient (Wildman–Crippen LogP) is 2.71. The maximum atomic E-state index is 10.7. The SMILES string of the molecule is CCC[C@H](CNCCc1ccccc1)CC(=O)O. The van der Waals surface area contributed by atoms with Gasteiger partial charge in [0.15, 0.2) is 0 Å². The number of nitrogens with one attached hydrogen (secondary N) is 1. The first-order valence-corrected chi connectivity index (χ1v) is 6.68. The summed E-state index contributed by atoms with van der Waals surface area (Å²) in [6, 6.07) is 10.3. The third-order valence-corrected chi connectivity index (χ3v) is 3.03. The van der Waals surface area contributed by atoms with Crippen LogP contribution in [0.4, 0.5) is 0 Å². The number of carboxylic acids is 1. The van der Waals surface area contributed by atoms with Gasteiger partial charge in [-0.15, -0.1) is 0 Å². The van der Waals surface area contributed by atoms with Gasteiger partial charge in [0.2, 0.25) is 0 Å². The van der Waals surface area contributed by atoms with Crippen LogP contribution >= 0.6 is 0 Å². The molecule has 0 spiro atoms. The predicted molar refractivity (Wildman–Crippen MR) is 73.7 cm³/mol. The minimum atomic E-state index is -0.696. The molecule has 0 aromatic heterocycles. The van der Waals surface area contributed by atoms with Crippen molar-refractivity contribution in [1.29, 1.82) is 0 Å². The summed E-state index contributed by atoms with van der Waals surface area (Å²) in [4.78, 5) is 10.7. The van der Waals surface area contributed by atoms with Gasteiger partial charge < -0.3 is 10.4 Å². The summed E-state index contributed by atoms with van der Waals surface area (Å²) in [5.74, 6) is -0.443. The highest BCUT2D eigenvalue weighted by molar-refractivity contribution is 5.67. The third kappa shape index (κ3) is 6.40. The molecule has 0 fully saturated rings. The van der Waals surface area contributed by atoms with E-state index >= 15 is 0 Å². The van der Waals surface area contributed by atoms with Crippen LogP contribution in [0.3, 0.4) is 0 Å². The van der Waals surface area contributed by atoms with Crippen LogP contribution in [0.1, 0.15) is 31.7 Å². The van der Waals surface area contributed by atoms with Gasteiger partial charge in [0.25, 0.3) is 0 Å². The van der Waals surface area contributed by atoms with Crippen molar-refractivity contribution in [3.05, 3.63) is 35.9 Å². The molecule has 0 heterocycles. The van der Waals surface area contributed by atoms with Crippen molar-refractivity contribution in [3.63, 3.8) is 0 Å². The molecule has 0 saturated heterocycles. The highest BCUT2D eigenvalue weighted by Crippen LogP contribution is 2.10. The van der Waals surface area contributed by atoms with Crippen LogP contribution in [0.2, 0.25) is 0 Å². The van der Waals surface area contributed by atoms with E-state index in [1.165, 1.54) is 5.56 Å². The molecule has 0 bridgehead atoms. The minimum Gasteiger partial charge on any atom is -0.481 e. The first-order chi connectivity index (χ1) is 8.72. The maximum absolute atomic E-state index is 10.7. The number of carboxylic acid groups (broad SMARTS) is 1. The van der Waals surface area contributed by atoms with E-state index in [0.717, 1.165) is 32.4 Å². The molecule has 0 aliphatic carbocycles. The normalized spacial score (nSPS) is 12.3.